The largest absolute Gasteiger partial charge is 0.499 e. The Kier molecular flexibility index (Phi) is 3.45. The van der Waals surface area contributed by atoms with Gasteiger partial charge in [-0.2, -0.15) is 0 Å². The first-order valence-corrected chi connectivity index (χ1v) is 7.52. The van der Waals surface area contributed by atoms with Crippen LogP contribution in [0, 0.1) is 5.82 Å². The van der Waals surface area contributed by atoms with Crippen LogP contribution in [0.25, 0.3) is 0 Å². The molecule has 9 heteroatoms. The molecule has 0 bridgehead atoms. The third-order valence-electron chi connectivity index (χ3n) is 3.66. The first-order valence-electron chi connectivity index (χ1n) is 5.98. The average Bonchev–Trinajstić information content (AvgIpc) is 2.46. The Morgan fingerprint density at radius 2 is 1.75 bits per heavy atom. The molecule has 0 amide bonds. The molecule has 1 saturated heterocycles. The van der Waals surface area contributed by atoms with Crippen molar-refractivity contribution in [3.63, 3.8) is 0 Å². The molecule has 1 fully saturated rings. The van der Waals surface area contributed by atoms with E-state index in [4.69, 9.17) is 14.4 Å². The molecule has 20 heavy (non-hydrogen) atoms. The molecule has 0 unspecified atom stereocenters. The van der Waals surface area contributed by atoms with Crippen molar-refractivity contribution < 1.29 is 22.1 Å². The van der Waals surface area contributed by atoms with E-state index in [1.54, 1.807) is 0 Å². The van der Waals surface area contributed by atoms with Crippen LogP contribution < -0.4 is 10.6 Å². The smallest absolute Gasteiger partial charge is 0.399 e. The molecule has 110 valence electrons. The zero-order chi connectivity index (χ0) is 15.3. The molecular formula is C11H16BFN2O4S. The number of nitrogens with zero attached hydrogens (tertiary/aromatic N) is 1. The molecule has 0 spiro atoms. The van der Waals surface area contributed by atoms with Gasteiger partial charge in [0.2, 0.25) is 0 Å². The van der Waals surface area contributed by atoms with Gasteiger partial charge in [-0.25, -0.2) is 22.9 Å². The van der Waals surface area contributed by atoms with E-state index >= 15 is 0 Å². The normalized spacial score (nSPS) is 21.2. The lowest BCUT2D eigenvalue weighted by Crippen LogP contribution is -2.41. The predicted octanol–water partition coefficient (Wildman–Crippen LogP) is 0.167. The highest BCUT2D eigenvalue weighted by Gasteiger charge is 2.52. The minimum absolute atomic E-state index is 0.0380. The Balaban J connectivity index is 2.37. The highest BCUT2D eigenvalue weighted by molar-refractivity contribution is 7.89. The van der Waals surface area contributed by atoms with Crippen LogP contribution in [0.4, 0.5) is 4.39 Å². The topological polar surface area (TPSA) is 91.5 Å². The zero-order valence-electron chi connectivity index (χ0n) is 11.7. The second-order valence-corrected chi connectivity index (χ2v) is 7.19. The Morgan fingerprint density at radius 3 is 2.15 bits per heavy atom. The standard InChI is InChI=1S/C11H16BFN2O4S/c1-10(2)11(3,4)19-12(18-10)7-6-15-9(5-8(7)13)20(14,16)17/h5-6H,1-4H3,(H2,14,16,17). The number of hydrogen-bond acceptors (Lipinski definition) is 5. The van der Waals surface area contributed by atoms with Crippen LogP contribution in [0.5, 0.6) is 0 Å². The van der Waals surface area contributed by atoms with Crippen molar-refractivity contribution in [2.75, 3.05) is 0 Å². The van der Waals surface area contributed by atoms with Crippen molar-refractivity contribution in [1.82, 2.24) is 4.98 Å². The summed E-state index contributed by atoms with van der Waals surface area (Å²) in [6.07, 6.45) is 1.07. The maximum absolute atomic E-state index is 14.0. The van der Waals surface area contributed by atoms with E-state index in [2.05, 4.69) is 4.98 Å². The monoisotopic (exact) mass is 302 g/mol. The van der Waals surface area contributed by atoms with Crippen molar-refractivity contribution in [2.45, 2.75) is 43.9 Å². The molecule has 0 saturated carbocycles. The SMILES string of the molecule is CC1(C)OB(c2cnc(S(N)(=O)=O)cc2F)OC1(C)C. The summed E-state index contributed by atoms with van der Waals surface area (Å²) in [5.74, 6) is -0.789. The van der Waals surface area contributed by atoms with Gasteiger partial charge in [0.05, 0.1) is 11.2 Å². The number of aromatic nitrogens is 1. The number of nitrogens with two attached hydrogens (primary N) is 1. The number of rotatable bonds is 2. The van der Waals surface area contributed by atoms with E-state index in [1.165, 1.54) is 0 Å². The van der Waals surface area contributed by atoms with E-state index in [1.807, 2.05) is 27.7 Å². The van der Waals surface area contributed by atoms with Crippen LogP contribution in [-0.2, 0) is 19.3 Å². The van der Waals surface area contributed by atoms with Gasteiger partial charge in [-0.15, -0.1) is 0 Å². The Labute approximate surface area is 117 Å². The minimum atomic E-state index is -4.04. The number of hydrogen-bond donors (Lipinski definition) is 1. The summed E-state index contributed by atoms with van der Waals surface area (Å²) in [5.41, 5.74) is -1.21. The van der Waals surface area contributed by atoms with Crippen LogP contribution in [0.2, 0.25) is 0 Å². The summed E-state index contributed by atoms with van der Waals surface area (Å²) in [7, 11) is -4.99. The fraction of sp³-hybridized carbons (Fsp3) is 0.545. The van der Waals surface area contributed by atoms with Gasteiger partial charge >= 0.3 is 7.12 Å². The summed E-state index contributed by atoms with van der Waals surface area (Å²) in [6, 6.07) is 0.760. The van der Waals surface area contributed by atoms with Crippen LogP contribution in [0.1, 0.15) is 27.7 Å². The van der Waals surface area contributed by atoms with Gasteiger partial charge < -0.3 is 9.31 Å². The van der Waals surface area contributed by atoms with Crippen LogP contribution in [-0.4, -0.2) is 31.7 Å². The summed E-state index contributed by atoms with van der Waals surface area (Å²) < 4.78 is 47.6. The quantitative estimate of drug-likeness (QED) is 0.786. The average molecular weight is 302 g/mol. The predicted molar refractivity (Wildman–Crippen MR) is 71.3 cm³/mol. The Hall–Kier alpha value is -1.03. The fourth-order valence-corrected chi connectivity index (χ4v) is 2.19. The molecule has 2 rings (SSSR count). The molecule has 0 aliphatic carbocycles. The molecule has 6 nitrogen and oxygen atoms in total. The van der Waals surface area contributed by atoms with Gasteiger partial charge in [-0.05, 0) is 27.7 Å². The number of pyridine rings is 1. The van der Waals surface area contributed by atoms with E-state index in [-0.39, 0.29) is 5.46 Å². The van der Waals surface area contributed by atoms with Gasteiger partial charge in [-0.3, -0.25) is 0 Å². The second-order valence-electron chi connectivity index (χ2n) is 5.68. The number of primary sulfonamides is 1. The maximum atomic E-state index is 14.0. The summed E-state index contributed by atoms with van der Waals surface area (Å²) in [4.78, 5) is 3.64. The highest BCUT2D eigenvalue weighted by atomic mass is 32.2. The molecule has 2 N–H and O–H groups in total. The summed E-state index contributed by atoms with van der Waals surface area (Å²) in [6.45, 7) is 7.32. The molecule has 1 aromatic heterocycles. The number of halogens is 1. The summed E-state index contributed by atoms with van der Waals surface area (Å²) >= 11 is 0. The lowest BCUT2D eigenvalue weighted by Gasteiger charge is -2.32. The molecular weight excluding hydrogens is 286 g/mol. The molecule has 1 aromatic rings. The van der Waals surface area contributed by atoms with Crippen molar-refractivity contribution in [1.29, 1.82) is 0 Å². The first-order chi connectivity index (χ1) is 8.94. The molecule has 0 atom stereocenters. The van der Waals surface area contributed by atoms with Crippen molar-refractivity contribution in [3.05, 3.63) is 18.1 Å². The third kappa shape index (κ3) is 2.58. The van der Waals surface area contributed by atoms with Crippen molar-refractivity contribution >= 4 is 22.6 Å². The first kappa shape index (κ1) is 15.4. The third-order valence-corrected chi connectivity index (χ3v) is 4.46. The van der Waals surface area contributed by atoms with Crippen molar-refractivity contribution in [3.8, 4) is 0 Å². The molecule has 0 aromatic carbocycles. The van der Waals surface area contributed by atoms with E-state index in [9.17, 15) is 12.8 Å². The number of sulfonamides is 1. The van der Waals surface area contributed by atoms with Crippen LogP contribution in [0.15, 0.2) is 17.3 Å². The van der Waals surface area contributed by atoms with Gasteiger partial charge in [0.15, 0.2) is 5.03 Å². The molecule has 1 aliphatic heterocycles. The fourth-order valence-electron chi connectivity index (χ4n) is 1.72. The minimum Gasteiger partial charge on any atom is -0.399 e. The van der Waals surface area contributed by atoms with Gasteiger partial charge in [-0.1, -0.05) is 0 Å². The van der Waals surface area contributed by atoms with E-state index in [0.29, 0.717) is 0 Å². The van der Waals surface area contributed by atoms with Crippen LogP contribution >= 0.6 is 0 Å². The van der Waals surface area contributed by atoms with Gasteiger partial charge in [0, 0.05) is 17.7 Å². The zero-order valence-corrected chi connectivity index (χ0v) is 12.5. The second kappa shape index (κ2) is 4.49. The Bertz CT molecular complexity index is 632. The maximum Gasteiger partial charge on any atom is 0.499 e. The van der Waals surface area contributed by atoms with Gasteiger partial charge in [0.25, 0.3) is 10.0 Å². The molecule has 1 aliphatic rings. The van der Waals surface area contributed by atoms with E-state index < -0.39 is 39.2 Å². The summed E-state index contributed by atoms with van der Waals surface area (Å²) in [5, 5.41) is 4.36. The van der Waals surface area contributed by atoms with Crippen molar-refractivity contribution in [2.24, 2.45) is 5.14 Å². The molecule has 0 radical (unpaired) electrons. The van der Waals surface area contributed by atoms with E-state index in [0.717, 1.165) is 12.3 Å². The Morgan fingerprint density at radius 1 is 1.25 bits per heavy atom. The molecule has 2 heterocycles. The lowest BCUT2D eigenvalue weighted by atomic mass is 9.80. The lowest BCUT2D eigenvalue weighted by molar-refractivity contribution is 0.00578. The van der Waals surface area contributed by atoms with Crippen LogP contribution in [0.3, 0.4) is 0 Å². The highest BCUT2D eigenvalue weighted by Crippen LogP contribution is 2.36. The van der Waals surface area contributed by atoms with Gasteiger partial charge in [0.1, 0.15) is 5.82 Å².